The van der Waals surface area contributed by atoms with Gasteiger partial charge in [-0.15, -0.1) is 0 Å². The highest BCUT2D eigenvalue weighted by molar-refractivity contribution is 5.75. The molecular formula is C15H31NO2. The van der Waals surface area contributed by atoms with Gasteiger partial charge in [0.1, 0.15) is 0 Å². The molecule has 0 saturated heterocycles. The van der Waals surface area contributed by atoms with Gasteiger partial charge in [0.25, 0.3) is 0 Å². The Morgan fingerprint density at radius 1 is 0.944 bits per heavy atom. The Kier molecular flexibility index (Phi) is 14.0. The summed E-state index contributed by atoms with van der Waals surface area (Å²) in [5.74, 6) is 0.162. The molecule has 0 aromatic carbocycles. The third-order valence-electron chi connectivity index (χ3n) is 3.14. The molecule has 0 atom stereocenters. The van der Waals surface area contributed by atoms with Crippen LogP contribution < -0.4 is 5.32 Å². The lowest BCUT2D eigenvalue weighted by Crippen LogP contribution is -2.26. The fourth-order valence-electron chi connectivity index (χ4n) is 1.98. The predicted octanol–water partition coefficient (Wildman–Crippen LogP) is 3.67. The second-order valence-electron chi connectivity index (χ2n) is 4.92. The summed E-state index contributed by atoms with van der Waals surface area (Å²) < 4.78 is 4.88. The predicted molar refractivity (Wildman–Crippen MR) is 76.7 cm³/mol. The molecule has 0 fully saturated rings. The number of nitrogens with one attached hydrogen (secondary N) is 1. The number of carbonyl (C=O) groups excluding carboxylic acids is 1. The quantitative estimate of drug-likeness (QED) is 0.511. The van der Waals surface area contributed by atoms with Gasteiger partial charge in [0, 0.05) is 20.1 Å². The van der Waals surface area contributed by atoms with E-state index in [1.165, 1.54) is 51.4 Å². The lowest BCUT2D eigenvalue weighted by atomic mass is 10.1. The summed E-state index contributed by atoms with van der Waals surface area (Å²) in [5, 5.41) is 2.84. The largest absolute Gasteiger partial charge is 0.383 e. The summed E-state index contributed by atoms with van der Waals surface area (Å²) in [4.78, 5) is 11.4. The third-order valence-corrected chi connectivity index (χ3v) is 3.14. The van der Waals surface area contributed by atoms with E-state index >= 15 is 0 Å². The maximum atomic E-state index is 11.4. The summed E-state index contributed by atoms with van der Waals surface area (Å²) in [5.41, 5.74) is 0. The molecule has 0 aliphatic carbocycles. The highest BCUT2D eigenvalue weighted by Crippen LogP contribution is 2.10. The van der Waals surface area contributed by atoms with Crippen LogP contribution in [0.3, 0.4) is 0 Å². The summed E-state index contributed by atoms with van der Waals surface area (Å²) >= 11 is 0. The van der Waals surface area contributed by atoms with E-state index < -0.39 is 0 Å². The first-order valence-corrected chi connectivity index (χ1v) is 7.57. The van der Waals surface area contributed by atoms with E-state index in [0.29, 0.717) is 19.6 Å². The van der Waals surface area contributed by atoms with Crippen LogP contribution >= 0.6 is 0 Å². The molecule has 108 valence electrons. The molecule has 0 unspecified atom stereocenters. The molecule has 0 aliphatic heterocycles. The summed E-state index contributed by atoms with van der Waals surface area (Å²) in [6.45, 7) is 3.48. The smallest absolute Gasteiger partial charge is 0.220 e. The van der Waals surface area contributed by atoms with Crippen molar-refractivity contribution in [2.75, 3.05) is 20.3 Å². The maximum Gasteiger partial charge on any atom is 0.220 e. The highest BCUT2D eigenvalue weighted by atomic mass is 16.5. The fraction of sp³-hybridized carbons (Fsp3) is 0.933. The number of rotatable bonds is 13. The SMILES string of the molecule is CCCCCCCCCCCC(=O)NCCOC. The molecule has 0 spiro atoms. The highest BCUT2D eigenvalue weighted by Gasteiger charge is 1.99. The minimum atomic E-state index is 0.162. The number of hydrogen-bond donors (Lipinski definition) is 1. The van der Waals surface area contributed by atoms with Gasteiger partial charge in [-0.3, -0.25) is 4.79 Å². The van der Waals surface area contributed by atoms with E-state index in [1.54, 1.807) is 7.11 Å². The standard InChI is InChI=1S/C15H31NO2/c1-3-4-5-6-7-8-9-10-11-12-15(17)16-13-14-18-2/h3-14H2,1-2H3,(H,16,17). The van der Waals surface area contributed by atoms with Gasteiger partial charge < -0.3 is 10.1 Å². The number of hydrogen-bond acceptors (Lipinski definition) is 2. The molecule has 0 saturated carbocycles. The number of carbonyl (C=O) groups is 1. The molecule has 0 aromatic heterocycles. The lowest BCUT2D eigenvalue weighted by Gasteiger charge is -2.04. The maximum absolute atomic E-state index is 11.4. The van der Waals surface area contributed by atoms with Crippen LogP contribution in [0.2, 0.25) is 0 Å². The van der Waals surface area contributed by atoms with Crippen LogP contribution in [-0.4, -0.2) is 26.2 Å². The Balaban J connectivity index is 3.08. The summed E-state index contributed by atoms with van der Waals surface area (Å²) in [7, 11) is 1.65. The zero-order chi connectivity index (χ0) is 13.5. The first kappa shape index (κ1) is 17.4. The van der Waals surface area contributed by atoms with Crippen LogP contribution in [0.5, 0.6) is 0 Å². The minimum absolute atomic E-state index is 0.162. The van der Waals surface area contributed by atoms with Gasteiger partial charge in [-0.1, -0.05) is 58.3 Å². The molecule has 3 heteroatoms. The Bertz CT molecular complexity index is 183. The molecule has 1 N–H and O–H groups in total. The summed E-state index contributed by atoms with van der Waals surface area (Å²) in [6, 6.07) is 0. The van der Waals surface area contributed by atoms with E-state index in [0.717, 1.165) is 6.42 Å². The minimum Gasteiger partial charge on any atom is -0.383 e. The van der Waals surface area contributed by atoms with Crippen molar-refractivity contribution in [2.45, 2.75) is 71.1 Å². The van der Waals surface area contributed by atoms with Crippen molar-refractivity contribution >= 4 is 5.91 Å². The molecule has 1 amide bonds. The van der Waals surface area contributed by atoms with E-state index in [4.69, 9.17) is 4.74 Å². The normalized spacial score (nSPS) is 10.6. The van der Waals surface area contributed by atoms with Crippen molar-refractivity contribution in [3.05, 3.63) is 0 Å². The van der Waals surface area contributed by atoms with Crippen LogP contribution in [-0.2, 0) is 9.53 Å². The van der Waals surface area contributed by atoms with Crippen LogP contribution in [0.1, 0.15) is 71.1 Å². The van der Waals surface area contributed by atoms with Crippen molar-refractivity contribution in [3.8, 4) is 0 Å². The van der Waals surface area contributed by atoms with Crippen LogP contribution in [0.4, 0.5) is 0 Å². The molecule has 0 aliphatic rings. The zero-order valence-corrected chi connectivity index (χ0v) is 12.3. The van der Waals surface area contributed by atoms with Crippen molar-refractivity contribution < 1.29 is 9.53 Å². The van der Waals surface area contributed by atoms with Crippen LogP contribution in [0, 0.1) is 0 Å². The van der Waals surface area contributed by atoms with Gasteiger partial charge in [-0.05, 0) is 6.42 Å². The van der Waals surface area contributed by atoms with Gasteiger partial charge in [0.2, 0.25) is 5.91 Å². The molecule has 18 heavy (non-hydrogen) atoms. The average molecular weight is 257 g/mol. The fourth-order valence-corrected chi connectivity index (χ4v) is 1.98. The van der Waals surface area contributed by atoms with Gasteiger partial charge in [-0.25, -0.2) is 0 Å². The number of ether oxygens (including phenoxy) is 1. The van der Waals surface area contributed by atoms with E-state index in [-0.39, 0.29) is 5.91 Å². The number of methoxy groups -OCH3 is 1. The van der Waals surface area contributed by atoms with Crippen molar-refractivity contribution in [1.82, 2.24) is 5.32 Å². The Morgan fingerprint density at radius 3 is 2.06 bits per heavy atom. The summed E-state index contributed by atoms with van der Waals surface area (Å²) in [6.07, 6.45) is 12.3. The van der Waals surface area contributed by atoms with Crippen molar-refractivity contribution in [3.63, 3.8) is 0 Å². The van der Waals surface area contributed by atoms with Gasteiger partial charge in [0.05, 0.1) is 6.61 Å². The second kappa shape index (κ2) is 14.5. The molecule has 0 heterocycles. The van der Waals surface area contributed by atoms with E-state index in [9.17, 15) is 4.79 Å². The van der Waals surface area contributed by atoms with Crippen molar-refractivity contribution in [2.24, 2.45) is 0 Å². The number of unbranched alkanes of at least 4 members (excludes halogenated alkanes) is 8. The molecule has 0 radical (unpaired) electrons. The van der Waals surface area contributed by atoms with Gasteiger partial charge >= 0.3 is 0 Å². The van der Waals surface area contributed by atoms with Gasteiger partial charge in [0.15, 0.2) is 0 Å². The van der Waals surface area contributed by atoms with Crippen LogP contribution in [0.25, 0.3) is 0 Å². The Morgan fingerprint density at radius 2 is 1.50 bits per heavy atom. The lowest BCUT2D eigenvalue weighted by molar-refractivity contribution is -0.121. The average Bonchev–Trinajstić information content (AvgIpc) is 2.37. The van der Waals surface area contributed by atoms with Gasteiger partial charge in [-0.2, -0.15) is 0 Å². The topological polar surface area (TPSA) is 38.3 Å². The monoisotopic (exact) mass is 257 g/mol. The molecule has 0 aromatic rings. The Labute approximate surface area is 113 Å². The molecule has 0 bridgehead atoms. The van der Waals surface area contributed by atoms with E-state index in [1.807, 2.05) is 0 Å². The second-order valence-corrected chi connectivity index (χ2v) is 4.92. The van der Waals surface area contributed by atoms with Crippen LogP contribution in [0.15, 0.2) is 0 Å². The van der Waals surface area contributed by atoms with E-state index in [2.05, 4.69) is 12.2 Å². The molecule has 0 rings (SSSR count). The number of amides is 1. The Hall–Kier alpha value is -0.570. The third kappa shape index (κ3) is 13.5. The molecular weight excluding hydrogens is 226 g/mol. The first-order valence-electron chi connectivity index (χ1n) is 7.57. The first-order chi connectivity index (χ1) is 8.81. The zero-order valence-electron chi connectivity index (χ0n) is 12.3. The molecule has 3 nitrogen and oxygen atoms in total. The van der Waals surface area contributed by atoms with Crippen molar-refractivity contribution in [1.29, 1.82) is 0 Å².